The summed E-state index contributed by atoms with van der Waals surface area (Å²) in [5, 5.41) is 0.619. The van der Waals surface area contributed by atoms with Crippen molar-refractivity contribution in [1.82, 2.24) is 14.7 Å². The molecule has 6 nitrogen and oxygen atoms in total. The van der Waals surface area contributed by atoms with Crippen molar-refractivity contribution in [2.45, 2.75) is 45.1 Å². The molecule has 3 amide bonds. The van der Waals surface area contributed by atoms with Crippen LogP contribution in [0, 0.1) is 0 Å². The molecule has 162 valence electrons. The Hall–Kier alpha value is -2.34. The highest BCUT2D eigenvalue weighted by Gasteiger charge is 2.29. The maximum atomic E-state index is 12.7. The Morgan fingerprint density at radius 2 is 1.93 bits per heavy atom. The molecule has 3 rings (SSSR count). The van der Waals surface area contributed by atoms with Crippen molar-refractivity contribution in [3.8, 4) is 0 Å². The topological polar surface area (TPSA) is 60.9 Å². The molecule has 1 aromatic rings. The first-order valence-electron chi connectivity index (χ1n) is 10.7. The van der Waals surface area contributed by atoms with Crippen molar-refractivity contribution in [2.24, 2.45) is 0 Å². The second-order valence-corrected chi connectivity index (χ2v) is 8.49. The average Bonchev–Trinajstić information content (AvgIpc) is 2.89. The molecule has 0 aromatic heterocycles. The van der Waals surface area contributed by atoms with E-state index in [9.17, 15) is 14.4 Å². The van der Waals surface area contributed by atoms with E-state index in [4.69, 9.17) is 11.6 Å². The normalized spacial score (nSPS) is 20.5. The number of carbonyl (C=O) groups excluding carboxylic acids is 3. The molecular formula is C23H30ClN3O3. The number of likely N-dealkylation sites (tertiary alicyclic amines) is 1. The molecule has 0 aliphatic carbocycles. The number of hydrogen-bond donors (Lipinski definition) is 0. The third-order valence-electron chi connectivity index (χ3n) is 5.79. The minimum absolute atomic E-state index is 0.00224. The molecule has 0 radical (unpaired) electrons. The van der Waals surface area contributed by atoms with Crippen LogP contribution >= 0.6 is 11.6 Å². The van der Waals surface area contributed by atoms with E-state index in [1.54, 1.807) is 28.0 Å². The van der Waals surface area contributed by atoms with Crippen LogP contribution in [-0.4, -0.2) is 71.2 Å². The molecule has 2 fully saturated rings. The Bertz CT molecular complexity index is 805. The second-order valence-electron chi connectivity index (χ2n) is 8.05. The highest BCUT2D eigenvalue weighted by atomic mass is 35.5. The Balaban J connectivity index is 1.55. The van der Waals surface area contributed by atoms with E-state index in [0.29, 0.717) is 31.1 Å². The van der Waals surface area contributed by atoms with E-state index in [0.717, 1.165) is 31.5 Å². The van der Waals surface area contributed by atoms with Crippen molar-refractivity contribution in [1.29, 1.82) is 0 Å². The first-order valence-corrected chi connectivity index (χ1v) is 11.1. The van der Waals surface area contributed by atoms with Crippen LogP contribution in [-0.2, 0) is 14.4 Å². The molecule has 1 aromatic carbocycles. The Morgan fingerprint density at radius 1 is 1.17 bits per heavy atom. The molecule has 2 saturated heterocycles. The molecule has 2 heterocycles. The minimum Gasteiger partial charge on any atom is -0.343 e. The van der Waals surface area contributed by atoms with Gasteiger partial charge in [0.15, 0.2) is 0 Å². The van der Waals surface area contributed by atoms with Gasteiger partial charge in [-0.15, -0.1) is 0 Å². The Labute approximate surface area is 183 Å². The fourth-order valence-electron chi connectivity index (χ4n) is 4.06. The van der Waals surface area contributed by atoms with E-state index >= 15 is 0 Å². The van der Waals surface area contributed by atoms with Crippen molar-refractivity contribution < 1.29 is 14.4 Å². The highest BCUT2D eigenvalue weighted by Crippen LogP contribution is 2.16. The van der Waals surface area contributed by atoms with Gasteiger partial charge in [0, 0.05) is 62.7 Å². The summed E-state index contributed by atoms with van der Waals surface area (Å²) in [6, 6.07) is 7.18. The van der Waals surface area contributed by atoms with Crippen LogP contribution in [0.15, 0.2) is 30.3 Å². The van der Waals surface area contributed by atoms with Crippen molar-refractivity contribution in [2.75, 3.05) is 32.7 Å². The molecule has 30 heavy (non-hydrogen) atoms. The summed E-state index contributed by atoms with van der Waals surface area (Å²) in [4.78, 5) is 43.1. The van der Waals surface area contributed by atoms with Crippen LogP contribution in [0.5, 0.6) is 0 Å². The fourth-order valence-corrected chi connectivity index (χ4v) is 4.26. The van der Waals surface area contributed by atoms with Gasteiger partial charge in [-0.3, -0.25) is 14.4 Å². The quantitative estimate of drug-likeness (QED) is 0.672. The lowest BCUT2D eigenvalue weighted by Gasteiger charge is -2.30. The zero-order valence-electron chi connectivity index (χ0n) is 17.6. The van der Waals surface area contributed by atoms with Gasteiger partial charge in [0.1, 0.15) is 0 Å². The number of nitrogens with zero attached hydrogens (tertiary/aromatic N) is 3. The Kier molecular flexibility index (Phi) is 7.91. The zero-order chi connectivity index (χ0) is 21.5. The molecule has 0 bridgehead atoms. The van der Waals surface area contributed by atoms with Crippen molar-refractivity contribution >= 4 is 35.4 Å². The zero-order valence-corrected chi connectivity index (χ0v) is 18.3. The summed E-state index contributed by atoms with van der Waals surface area (Å²) in [5.74, 6) is 0.000668. The lowest BCUT2D eigenvalue weighted by molar-refractivity contribution is -0.134. The molecule has 1 atom stereocenters. The van der Waals surface area contributed by atoms with Gasteiger partial charge in [-0.25, -0.2) is 0 Å². The lowest BCUT2D eigenvalue weighted by Crippen LogP contribution is -2.43. The summed E-state index contributed by atoms with van der Waals surface area (Å²) in [6.07, 6.45) is 7.20. The van der Waals surface area contributed by atoms with Gasteiger partial charge < -0.3 is 14.7 Å². The van der Waals surface area contributed by atoms with Gasteiger partial charge in [0.2, 0.25) is 17.7 Å². The molecule has 0 N–H and O–H groups in total. The maximum Gasteiger partial charge on any atom is 0.246 e. The van der Waals surface area contributed by atoms with E-state index < -0.39 is 0 Å². The van der Waals surface area contributed by atoms with Crippen LogP contribution in [0.4, 0.5) is 0 Å². The van der Waals surface area contributed by atoms with Crippen LogP contribution in [0.3, 0.4) is 0 Å². The predicted molar refractivity (Wildman–Crippen MR) is 118 cm³/mol. The van der Waals surface area contributed by atoms with Crippen LogP contribution in [0.25, 0.3) is 6.08 Å². The third-order valence-corrected chi connectivity index (χ3v) is 6.03. The number of amides is 3. The van der Waals surface area contributed by atoms with Crippen LogP contribution in [0.1, 0.15) is 44.6 Å². The standard InChI is InChI=1S/C23H30ClN3O3/c1-18-17-26(14-10-21(28)25-12-3-2-4-13-25)22(29)11-15-27(18)23(30)9-8-19-6-5-7-20(24)16-19/h5-9,16,18H,2-4,10-15,17H2,1H3/b9-8+/t18-/m1/s1. The first-order chi connectivity index (χ1) is 14.4. The molecule has 0 spiro atoms. The number of benzene rings is 1. The van der Waals surface area contributed by atoms with Crippen LogP contribution < -0.4 is 0 Å². The van der Waals surface area contributed by atoms with E-state index in [2.05, 4.69) is 0 Å². The predicted octanol–water partition coefficient (Wildman–Crippen LogP) is 3.21. The van der Waals surface area contributed by atoms with Crippen molar-refractivity contribution in [3.63, 3.8) is 0 Å². The number of piperidine rings is 1. The second kappa shape index (κ2) is 10.6. The molecule has 0 unspecified atom stereocenters. The third kappa shape index (κ3) is 6.08. The SMILES string of the molecule is C[C@@H]1CN(CCC(=O)N2CCCCC2)C(=O)CCN1C(=O)/C=C/c1cccc(Cl)c1. The average molecular weight is 432 g/mol. The summed E-state index contributed by atoms with van der Waals surface area (Å²) in [7, 11) is 0. The number of halogens is 1. The molecule has 0 saturated carbocycles. The van der Waals surface area contributed by atoms with Gasteiger partial charge in [0.25, 0.3) is 0 Å². The molecule has 2 aliphatic rings. The summed E-state index contributed by atoms with van der Waals surface area (Å²) in [5.41, 5.74) is 0.854. The largest absolute Gasteiger partial charge is 0.343 e. The van der Waals surface area contributed by atoms with E-state index in [1.807, 2.05) is 24.0 Å². The van der Waals surface area contributed by atoms with Gasteiger partial charge >= 0.3 is 0 Å². The van der Waals surface area contributed by atoms with Crippen molar-refractivity contribution in [3.05, 3.63) is 40.9 Å². The Morgan fingerprint density at radius 3 is 2.67 bits per heavy atom. The highest BCUT2D eigenvalue weighted by molar-refractivity contribution is 6.30. The number of rotatable bonds is 5. The van der Waals surface area contributed by atoms with Gasteiger partial charge in [-0.1, -0.05) is 23.7 Å². The van der Waals surface area contributed by atoms with Gasteiger partial charge in [0.05, 0.1) is 0 Å². The van der Waals surface area contributed by atoms with E-state index in [-0.39, 0.29) is 30.2 Å². The van der Waals surface area contributed by atoms with Crippen LogP contribution in [0.2, 0.25) is 5.02 Å². The van der Waals surface area contributed by atoms with Gasteiger partial charge in [-0.2, -0.15) is 0 Å². The molecule has 2 aliphatic heterocycles. The fraction of sp³-hybridized carbons (Fsp3) is 0.522. The maximum absolute atomic E-state index is 12.7. The summed E-state index contributed by atoms with van der Waals surface area (Å²) in [6.45, 7) is 4.84. The smallest absolute Gasteiger partial charge is 0.246 e. The molecule has 7 heteroatoms. The monoisotopic (exact) mass is 431 g/mol. The summed E-state index contributed by atoms with van der Waals surface area (Å²) < 4.78 is 0. The number of carbonyl (C=O) groups is 3. The molecular weight excluding hydrogens is 402 g/mol. The van der Waals surface area contributed by atoms with E-state index in [1.165, 1.54) is 12.5 Å². The van der Waals surface area contributed by atoms with Gasteiger partial charge in [-0.05, 0) is 50.0 Å². The number of hydrogen-bond acceptors (Lipinski definition) is 3. The first kappa shape index (κ1) is 22.3. The lowest BCUT2D eigenvalue weighted by atomic mass is 10.1. The summed E-state index contributed by atoms with van der Waals surface area (Å²) >= 11 is 5.99. The minimum atomic E-state index is -0.124.